The van der Waals surface area contributed by atoms with E-state index >= 15 is 0 Å². The third-order valence-corrected chi connectivity index (χ3v) is 7.02. The van der Waals surface area contributed by atoms with E-state index in [1.54, 1.807) is 59.5 Å². The highest BCUT2D eigenvalue weighted by Gasteiger charge is 2.30. The summed E-state index contributed by atoms with van der Waals surface area (Å²) >= 11 is 12.9. The molecule has 0 bridgehead atoms. The summed E-state index contributed by atoms with van der Waals surface area (Å²) in [5, 5.41) is 5.21. The highest BCUT2D eigenvalue weighted by atomic mass is 35.5. The predicted molar refractivity (Wildman–Crippen MR) is 145 cm³/mol. The molecule has 9 heteroatoms. The molecule has 1 aromatic heterocycles. The van der Waals surface area contributed by atoms with Crippen LogP contribution in [0.3, 0.4) is 0 Å². The second kappa shape index (κ2) is 10.5. The maximum absolute atomic E-state index is 13.1. The van der Waals surface area contributed by atoms with E-state index in [-0.39, 0.29) is 18.4 Å². The fraction of sp³-hybridized carbons (Fsp3) is 0.207. The molecule has 0 radical (unpaired) electrons. The van der Waals surface area contributed by atoms with Crippen LogP contribution in [0.5, 0.6) is 5.75 Å². The number of aromatic nitrogens is 1. The van der Waals surface area contributed by atoms with Crippen molar-refractivity contribution in [3.05, 3.63) is 98.7 Å². The number of hydrogen-bond acceptors (Lipinski definition) is 6. The van der Waals surface area contributed by atoms with E-state index < -0.39 is 5.97 Å². The highest BCUT2D eigenvalue weighted by Crippen LogP contribution is 2.39. The van der Waals surface area contributed by atoms with Crippen LogP contribution in [0.1, 0.15) is 57.4 Å². The van der Waals surface area contributed by atoms with E-state index in [2.05, 4.69) is 5.16 Å². The van der Waals surface area contributed by atoms with Gasteiger partial charge in [0.2, 0.25) is 0 Å². The predicted octanol–water partition coefficient (Wildman–Crippen LogP) is 7.30. The van der Waals surface area contributed by atoms with Gasteiger partial charge in [0, 0.05) is 22.7 Å². The first-order chi connectivity index (χ1) is 18.3. The number of fused-ring (bicyclic) bond motifs is 1. The molecule has 1 amide bonds. The third-order valence-electron chi connectivity index (χ3n) is 6.39. The van der Waals surface area contributed by atoms with E-state index in [4.69, 9.17) is 37.2 Å². The topological polar surface area (TPSA) is 81.9 Å². The van der Waals surface area contributed by atoms with Crippen LogP contribution in [0.4, 0.5) is 5.69 Å². The lowest BCUT2D eigenvalue weighted by atomic mass is 10.0. The molecule has 194 valence electrons. The van der Waals surface area contributed by atoms with Crippen molar-refractivity contribution in [1.29, 1.82) is 0 Å². The maximum atomic E-state index is 13.1. The Morgan fingerprint density at radius 3 is 2.53 bits per heavy atom. The molecule has 0 aliphatic carbocycles. The summed E-state index contributed by atoms with van der Waals surface area (Å²) in [5.41, 5.74) is 4.28. The van der Waals surface area contributed by atoms with Gasteiger partial charge >= 0.3 is 5.97 Å². The summed E-state index contributed by atoms with van der Waals surface area (Å²) < 4.78 is 16.6. The lowest BCUT2D eigenvalue weighted by Crippen LogP contribution is -2.23. The molecule has 0 N–H and O–H groups in total. The minimum absolute atomic E-state index is 0.0584. The van der Waals surface area contributed by atoms with Crippen LogP contribution in [-0.2, 0) is 17.9 Å². The third kappa shape index (κ3) is 4.75. The largest absolute Gasteiger partial charge is 0.489 e. The Morgan fingerprint density at radius 1 is 1.08 bits per heavy atom. The average Bonchev–Trinajstić information content (AvgIpc) is 3.48. The van der Waals surface area contributed by atoms with Gasteiger partial charge in [-0.2, -0.15) is 0 Å². The molecule has 0 fully saturated rings. The lowest BCUT2D eigenvalue weighted by Gasteiger charge is -2.16. The number of amides is 1. The number of benzene rings is 3. The zero-order valence-electron chi connectivity index (χ0n) is 21.0. The van der Waals surface area contributed by atoms with E-state index in [9.17, 15) is 9.59 Å². The number of rotatable bonds is 7. The molecule has 38 heavy (non-hydrogen) atoms. The minimum Gasteiger partial charge on any atom is -0.489 e. The Labute approximate surface area is 229 Å². The molecule has 5 rings (SSSR count). The Morgan fingerprint density at radius 2 is 1.82 bits per heavy atom. The van der Waals surface area contributed by atoms with Crippen LogP contribution >= 0.6 is 23.2 Å². The number of anilines is 1. The smallest absolute Gasteiger partial charge is 0.337 e. The zero-order valence-corrected chi connectivity index (χ0v) is 22.5. The number of esters is 1. The van der Waals surface area contributed by atoms with Gasteiger partial charge in [-0.15, -0.1) is 0 Å². The molecule has 0 saturated heterocycles. The van der Waals surface area contributed by atoms with E-state index in [1.165, 1.54) is 7.11 Å². The monoisotopic (exact) mass is 550 g/mol. The Hall–Kier alpha value is -3.81. The van der Waals surface area contributed by atoms with Crippen molar-refractivity contribution in [1.82, 2.24) is 5.16 Å². The fourth-order valence-electron chi connectivity index (χ4n) is 4.51. The van der Waals surface area contributed by atoms with Crippen molar-refractivity contribution >= 4 is 40.8 Å². The quantitative estimate of drug-likeness (QED) is 0.224. The first kappa shape index (κ1) is 25.8. The standard InChI is InChI=1S/C29H24Cl2N2O5/c1-16(2)27-22(26(32-38-27)25-23(30)8-5-9-24(25)31)15-37-20-10-11-21-18(13-20)14-33(28(21)34)19-7-4-6-17(12-19)29(35)36-3/h4-13,16H,14-15H2,1-3H3. The molecular formula is C29H24Cl2N2O5. The Bertz CT molecular complexity index is 1530. The van der Waals surface area contributed by atoms with E-state index in [0.29, 0.717) is 56.2 Å². The number of ether oxygens (including phenoxy) is 2. The van der Waals surface area contributed by atoms with Gasteiger partial charge in [-0.1, -0.05) is 54.3 Å². The number of hydrogen-bond donors (Lipinski definition) is 0. The summed E-state index contributed by atoms with van der Waals surface area (Å²) in [7, 11) is 1.32. The molecule has 0 unspecified atom stereocenters. The molecule has 0 atom stereocenters. The van der Waals surface area contributed by atoms with Crippen LogP contribution < -0.4 is 9.64 Å². The van der Waals surface area contributed by atoms with Gasteiger partial charge in [0.05, 0.1) is 34.8 Å². The number of methoxy groups -OCH3 is 1. The van der Waals surface area contributed by atoms with Gasteiger partial charge in [-0.25, -0.2) is 4.79 Å². The van der Waals surface area contributed by atoms with Gasteiger partial charge in [-0.3, -0.25) is 4.79 Å². The van der Waals surface area contributed by atoms with Crippen molar-refractivity contribution in [2.45, 2.75) is 32.9 Å². The summed E-state index contributed by atoms with van der Waals surface area (Å²) in [6.07, 6.45) is 0. The first-order valence-electron chi connectivity index (χ1n) is 12.0. The number of carbonyl (C=O) groups is 2. The molecule has 0 spiro atoms. The summed E-state index contributed by atoms with van der Waals surface area (Å²) in [6.45, 7) is 4.53. The van der Waals surface area contributed by atoms with E-state index in [1.807, 2.05) is 19.9 Å². The second-order valence-electron chi connectivity index (χ2n) is 9.17. The van der Waals surface area contributed by atoms with Gasteiger partial charge in [-0.05, 0) is 54.1 Å². The number of halogens is 2. The summed E-state index contributed by atoms with van der Waals surface area (Å²) in [5.74, 6) is 0.727. The highest BCUT2D eigenvalue weighted by molar-refractivity contribution is 6.39. The van der Waals surface area contributed by atoms with Crippen molar-refractivity contribution in [3.8, 4) is 17.0 Å². The molecule has 7 nitrogen and oxygen atoms in total. The molecule has 1 aliphatic heterocycles. The molecule has 0 saturated carbocycles. The van der Waals surface area contributed by atoms with Crippen molar-refractivity contribution < 1.29 is 23.6 Å². The average molecular weight is 551 g/mol. The van der Waals surface area contributed by atoms with Crippen molar-refractivity contribution in [2.24, 2.45) is 0 Å². The van der Waals surface area contributed by atoms with Gasteiger partial charge in [0.1, 0.15) is 23.8 Å². The fourth-order valence-corrected chi connectivity index (χ4v) is 5.08. The SMILES string of the molecule is COC(=O)c1cccc(N2Cc3cc(OCc4c(-c5c(Cl)cccc5Cl)noc4C(C)C)ccc3C2=O)c1. The molecule has 4 aromatic rings. The van der Waals surface area contributed by atoms with Crippen molar-refractivity contribution in [3.63, 3.8) is 0 Å². The first-order valence-corrected chi connectivity index (χ1v) is 12.7. The lowest BCUT2D eigenvalue weighted by molar-refractivity contribution is 0.0600. The van der Waals surface area contributed by atoms with Crippen LogP contribution in [0.2, 0.25) is 10.0 Å². The van der Waals surface area contributed by atoms with E-state index in [0.717, 1.165) is 11.1 Å². The number of carbonyl (C=O) groups excluding carboxylic acids is 2. The van der Waals surface area contributed by atoms with Gasteiger partial charge in [0.25, 0.3) is 5.91 Å². The minimum atomic E-state index is -0.460. The molecular weight excluding hydrogens is 527 g/mol. The zero-order chi connectivity index (χ0) is 27.0. The summed E-state index contributed by atoms with van der Waals surface area (Å²) in [6, 6.07) is 17.4. The van der Waals surface area contributed by atoms with Crippen LogP contribution in [0.15, 0.2) is 65.2 Å². The van der Waals surface area contributed by atoms with Crippen LogP contribution in [0.25, 0.3) is 11.3 Å². The second-order valence-corrected chi connectivity index (χ2v) is 9.98. The maximum Gasteiger partial charge on any atom is 0.337 e. The Kier molecular flexibility index (Phi) is 7.15. The molecule has 2 heterocycles. The van der Waals surface area contributed by atoms with Gasteiger partial charge in [0.15, 0.2) is 0 Å². The van der Waals surface area contributed by atoms with Gasteiger partial charge < -0.3 is 18.9 Å². The van der Waals surface area contributed by atoms with Crippen molar-refractivity contribution in [2.75, 3.05) is 12.0 Å². The molecule has 1 aliphatic rings. The molecule has 3 aromatic carbocycles. The normalized spacial score (nSPS) is 12.7. The van der Waals surface area contributed by atoms with Crippen LogP contribution in [-0.4, -0.2) is 24.1 Å². The number of nitrogens with zero attached hydrogens (tertiary/aromatic N) is 2. The summed E-state index contributed by atoms with van der Waals surface area (Å²) in [4.78, 5) is 26.7. The Balaban J connectivity index is 1.40. The van der Waals surface area contributed by atoms with Crippen LogP contribution in [0, 0.1) is 0 Å².